The maximum absolute atomic E-state index is 13.5. The molecular formula is C14H17FN2O3S. The van der Waals surface area contributed by atoms with E-state index in [1.54, 1.807) is 19.1 Å². The van der Waals surface area contributed by atoms with Crippen LogP contribution in [0, 0.1) is 12.7 Å². The fourth-order valence-electron chi connectivity index (χ4n) is 2.00. The first kappa shape index (κ1) is 15.5. The summed E-state index contributed by atoms with van der Waals surface area (Å²) in [6, 6.07) is 5.81. The molecule has 0 saturated carbocycles. The zero-order valence-corrected chi connectivity index (χ0v) is 12.7. The third kappa shape index (κ3) is 3.08. The third-order valence-electron chi connectivity index (χ3n) is 3.16. The van der Waals surface area contributed by atoms with Crippen LogP contribution >= 0.6 is 0 Å². The molecule has 0 aliphatic rings. The van der Waals surface area contributed by atoms with Gasteiger partial charge in [0.2, 0.25) is 10.0 Å². The molecule has 2 N–H and O–H groups in total. The Bertz CT molecular complexity index is 704. The van der Waals surface area contributed by atoms with Crippen molar-refractivity contribution in [2.24, 2.45) is 0 Å². The summed E-state index contributed by atoms with van der Waals surface area (Å²) in [5, 5.41) is 0. The second-order valence-corrected chi connectivity index (χ2v) is 6.59. The highest BCUT2D eigenvalue weighted by Gasteiger charge is 2.25. The molecule has 0 spiro atoms. The lowest BCUT2D eigenvalue weighted by atomic mass is 10.2. The highest BCUT2D eigenvalue weighted by molar-refractivity contribution is 7.89. The smallest absolute Gasteiger partial charge is 0.243 e. The van der Waals surface area contributed by atoms with Crippen molar-refractivity contribution < 1.29 is 17.2 Å². The minimum Gasteiger partial charge on any atom is -0.468 e. The molecule has 1 aromatic carbocycles. The summed E-state index contributed by atoms with van der Waals surface area (Å²) in [4.78, 5) is -0.0210. The van der Waals surface area contributed by atoms with Crippen LogP contribution in [0.2, 0.25) is 0 Å². The highest BCUT2D eigenvalue weighted by atomic mass is 32.2. The molecule has 1 aromatic heterocycles. The summed E-state index contributed by atoms with van der Waals surface area (Å²) in [6.45, 7) is 3.58. The second-order valence-electron chi connectivity index (χ2n) is 4.65. The van der Waals surface area contributed by atoms with Gasteiger partial charge in [0.25, 0.3) is 0 Å². The number of anilines is 1. The Balaban J connectivity index is 2.39. The Morgan fingerprint density at radius 3 is 2.62 bits per heavy atom. The van der Waals surface area contributed by atoms with Crippen molar-refractivity contribution in [3.63, 3.8) is 0 Å². The first-order valence-corrected chi connectivity index (χ1v) is 7.88. The number of rotatable bonds is 5. The summed E-state index contributed by atoms with van der Waals surface area (Å²) in [5.74, 6) is -0.0599. The molecule has 2 rings (SSSR count). The van der Waals surface area contributed by atoms with Gasteiger partial charge in [0, 0.05) is 6.54 Å². The van der Waals surface area contributed by atoms with Crippen LogP contribution in [0.5, 0.6) is 0 Å². The van der Waals surface area contributed by atoms with Gasteiger partial charge in [-0.05, 0) is 36.8 Å². The normalized spacial score (nSPS) is 12.0. The molecule has 21 heavy (non-hydrogen) atoms. The van der Waals surface area contributed by atoms with Gasteiger partial charge in [-0.3, -0.25) is 0 Å². The number of nitrogens with zero attached hydrogens (tertiary/aromatic N) is 1. The van der Waals surface area contributed by atoms with Crippen molar-refractivity contribution in [1.82, 2.24) is 4.31 Å². The van der Waals surface area contributed by atoms with Crippen molar-refractivity contribution in [2.45, 2.75) is 25.3 Å². The molecule has 0 unspecified atom stereocenters. The number of furan rings is 1. The third-order valence-corrected chi connectivity index (χ3v) is 5.06. The van der Waals surface area contributed by atoms with Crippen molar-refractivity contribution >= 4 is 15.7 Å². The fourth-order valence-corrected chi connectivity index (χ4v) is 3.54. The molecule has 0 bridgehead atoms. The number of sulfonamides is 1. The van der Waals surface area contributed by atoms with Crippen molar-refractivity contribution in [1.29, 1.82) is 0 Å². The van der Waals surface area contributed by atoms with Gasteiger partial charge < -0.3 is 10.2 Å². The number of benzene rings is 1. The molecule has 0 fully saturated rings. The van der Waals surface area contributed by atoms with E-state index in [2.05, 4.69) is 0 Å². The lowest BCUT2D eigenvalue weighted by Gasteiger charge is -2.20. The zero-order chi connectivity index (χ0) is 15.6. The minimum absolute atomic E-state index is 0.0210. The number of aryl methyl sites for hydroxylation is 1. The lowest BCUT2D eigenvalue weighted by Crippen LogP contribution is -2.30. The molecule has 0 atom stereocenters. The molecule has 5 nitrogen and oxygen atoms in total. The van der Waals surface area contributed by atoms with Gasteiger partial charge in [0.1, 0.15) is 11.6 Å². The molecule has 0 aliphatic carbocycles. The number of nitrogen functional groups attached to an aromatic ring is 1. The monoisotopic (exact) mass is 312 g/mol. The average molecular weight is 312 g/mol. The van der Waals surface area contributed by atoms with Crippen LogP contribution in [0.4, 0.5) is 10.1 Å². The summed E-state index contributed by atoms with van der Waals surface area (Å²) in [7, 11) is -3.76. The van der Waals surface area contributed by atoms with Gasteiger partial charge in [0.15, 0.2) is 0 Å². The van der Waals surface area contributed by atoms with E-state index >= 15 is 0 Å². The van der Waals surface area contributed by atoms with Gasteiger partial charge in [-0.1, -0.05) is 6.92 Å². The van der Waals surface area contributed by atoms with Crippen LogP contribution in [-0.2, 0) is 16.6 Å². The number of hydrogen-bond donors (Lipinski definition) is 1. The van der Waals surface area contributed by atoms with Crippen LogP contribution in [0.3, 0.4) is 0 Å². The second kappa shape index (κ2) is 5.87. The summed E-state index contributed by atoms with van der Waals surface area (Å²) >= 11 is 0. The fraction of sp³-hybridized carbons (Fsp3) is 0.286. The Hall–Kier alpha value is -1.86. The van der Waals surface area contributed by atoms with Crippen LogP contribution in [-0.4, -0.2) is 19.3 Å². The average Bonchev–Trinajstić information content (AvgIpc) is 2.94. The standard InChI is InChI=1S/C14H17FN2O3S/c1-3-17(9-11-5-4-6-20-11)21(18,19)12-7-10(2)14(15)13(16)8-12/h4-8H,3,9,16H2,1-2H3. The molecule has 7 heteroatoms. The predicted octanol–water partition coefficient (Wildman–Crippen LogP) is 2.52. The van der Waals surface area contributed by atoms with Crippen LogP contribution < -0.4 is 5.73 Å². The van der Waals surface area contributed by atoms with E-state index in [9.17, 15) is 12.8 Å². The van der Waals surface area contributed by atoms with Crippen LogP contribution in [0.25, 0.3) is 0 Å². The van der Waals surface area contributed by atoms with Gasteiger partial charge in [-0.25, -0.2) is 12.8 Å². The first-order chi connectivity index (χ1) is 9.86. The van der Waals surface area contributed by atoms with Gasteiger partial charge in [-0.2, -0.15) is 4.31 Å². The molecule has 1 heterocycles. The van der Waals surface area contributed by atoms with E-state index in [-0.39, 0.29) is 29.2 Å². The number of halogens is 1. The topological polar surface area (TPSA) is 76.5 Å². The molecule has 2 aromatic rings. The molecule has 0 aliphatic heterocycles. The summed E-state index contributed by atoms with van der Waals surface area (Å²) < 4.78 is 45.2. The Labute approximate surface area is 123 Å². The van der Waals surface area contributed by atoms with E-state index < -0.39 is 15.8 Å². The summed E-state index contributed by atoms with van der Waals surface area (Å²) in [5.41, 5.74) is 5.54. The minimum atomic E-state index is -3.76. The Morgan fingerprint density at radius 2 is 2.10 bits per heavy atom. The van der Waals surface area contributed by atoms with Crippen molar-refractivity contribution in [2.75, 3.05) is 12.3 Å². The lowest BCUT2D eigenvalue weighted by molar-refractivity contribution is 0.375. The van der Waals surface area contributed by atoms with Gasteiger partial charge in [0.05, 0.1) is 23.4 Å². The van der Waals surface area contributed by atoms with E-state index in [1.165, 1.54) is 23.6 Å². The maximum atomic E-state index is 13.5. The first-order valence-electron chi connectivity index (χ1n) is 6.44. The van der Waals surface area contributed by atoms with E-state index in [4.69, 9.17) is 10.2 Å². The van der Waals surface area contributed by atoms with Crippen LogP contribution in [0.15, 0.2) is 39.8 Å². The predicted molar refractivity (Wildman–Crippen MR) is 77.5 cm³/mol. The van der Waals surface area contributed by atoms with Crippen molar-refractivity contribution in [3.8, 4) is 0 Å². The molecule has 0 saturated heterocycles. The SMILES string of the molecule is CCN(Cc1ccco1)S(=O)(=O)c1cc(C)c(F)c(N)c1. The Kier molecular flexibility index (Phi) is 4.34. The number of nitrogens with two attached hydrogens (primary N) is 1. The van der Waals surface area contributed by atoms with Crippen molar-refractivity contribution in [3.05, 3.63) is 47.7 Å². The van der Waals surface area contributed by atoms with E-state index in [0.29, 0.717) is 5.76 Å². The van der Waals surface area contributed by atoms with E-state index in [1.807, 2.05) is 0 Å². The molecule has 0 amide bonds. The van der Waals surface area contributed by atoms with Gasteiger partial charge >= 0.3 is 0 Å². The Morgan fingerprint density at radius 1 is 1.38 bits per heavy atom. The molecular weight excluding hydrogens is 295 g/mol. The maximum Gasteiger partial charge on any atom is 0.243 e. The summed E-state index contributed by atoms with van der Waals surface area (Å²) in [6.07, 6.45) is 1.48. The zero-order valence-electron chi connectivity index (χ0n) is 11.8. The quantitative estimate of drug-likeness (QED) is 0.861. The largest absolute Gasteiger partial charge is 0.468 e. The highest BCUT2D eigenvalue weighted by Crippen LogP contribution is 2.24. The molecule has 0 radical (unpaired) electrons. The number of hydrogen-bond acceptors (Lipinski definition) is 4. The molecule has 114 valence electrons. The van der Waals surface area contributed by atoms with E-state index in [0.717, 1.165) is 6.07 Å². The van der Waals surface area contributed by atoms with Crippen LogP contribution in [0.1, 0.15) is 18.2 Å². The van der Waals surface area contributed by atoms with Gasteiger partial charge in [-0.15, -0.1) is 0 Å².